The van der Waals surface area contributed by atoms with Crippen molar-refractivity contribution in [3.8, 4) is 34.3 Å². The van der Waals surface area contributed by atoms with Crippen molar-refractivity contribution in [2.75, 3.05) is 33.5 Å². The molecule has 2 aromatic heterocycles. The molecule has 0 spiro atoms. The summed E-state index contributed by atoms with van der Waals surface area (Å²) in [7, 11) is 1.17. The minimum absolute atomic E-state index is 0.124. The molecule has 1 aliphatic heterocycles. The smallest absolute Gasteiger partial charge is 0.342 e. The van der Waals surface area contributed by atoms with Gasteiger partial charge in [0, 0.05) is 68.0 Å². The third kappa shape index (κ3) is 10.4. The molecule has 17 heteroatoms. The highest BCUT2D eigenvalue weighted by Gasteiger charge is 2.51. The molecule has 2 amide bonds. The fourth-order valence-electron chi connectivity index (χ4n) is 4.87. The van der Waals surface area contributed by atoms with Crippen molar-refractivity contribution < 1.29 is 57.2 Å². The zero-order valence-electron chi connectivity index (χ0n) is 30.0. The van der Waals surface area contributed by atoms with Gasteiger partial charge in [-0.05, 0) is 48.5 Å². The van der Waals surface area contributed by atoms with Gasteiger partial charge in [0.2, 0.25) is 12.2 Å². The number of amides is 2. The number of hydrogen-bond donors (Lipinski definition) is 0. The number of hydrogen-bond acceptors (Lipinski definition) is 16. The Hall–Kier alpha value is -7.30. The van der Waals surface area contributed by atoms with Crippen molar-refractivity contribution in [2.45, 2.75) is 25.0 Å². The SMILES string of the molecule is C=CC(=O)OCCCOc1ccc(-c2ncc(C(=O)O[C@H]3C(=O)N(C)C(=O)[C@@H]3OC(=O)c3cnc(-c4ccc(OCCCOC(=O)C=C)cc4)nc3)cn2)cc1. The number of carbonyl (C=O) groups is 6. The van der Waals surface area contributed by atoms with Crippen molar-refractivity contribution in [2.24, 2.45) is 0 Å². The zero-order valence-corrected chi connectivity index (χ0v) is 30.0. The third-order valence-corrected chi connectivity index (χ3v) is 7.83. The molecule has 5 rings (SSSR count). The van der Waals surface area contributed by atoms with Crippen molar-refractivity contribution in [3.05, 3.63) is 110 Å². The quantitative estimate of drug-likeness (QED) is 0.0467. The van der Waals surface area contributed by atoms with E-state index in [4.69, 9.17) is 28.4 Å². The van der Waals surface area contributed by atoms with Crippen LogP contribution in [-0.4, -0.2) is 106 Å². The van der Waals surface area contributed by atoms with Crippen LogP contribution in [0.3, 0.4) is 0 Å². The molecule has 17 nitrogen and oxygen atoms in total. The number of nitrogens with zero attached hydrogens (tertiary/aromatic N) is 5. The summed E-state index contributed by atoms with van der Waals surface area (Å²) in [6.07, 6.45) is 4.38. The minimum Gasteiger partial charge on any atom is -0.493 e. The molecule has 56 heavy (non-hydrogen) atoms. The molecule has 1 aliphatic rings. The van der Waals surface area contributed by atoms with Crippen LogP contribution in [0.4, 0.5) is 0 Å². The van der Waals surface area contributed by atoms with E-state index in [1.54, 1.807) is 48.5 Å². The molecule has 1 saturated heterocycles. The first kappa shape index (κ1) is 39.9. The molecule has 0 unspecified atom stereocenters. The van der Waals surface area contributed by atoms with E-state index in [0.717, 1.165) is 12.2 Å². The number of aromatic nitrogens is 4. The molecule has 2 aromatic carbocycles. The molecule has 288 valence electrons. The van der Waals surface area contributed by atoms with E-state index >= 15 is 0 Å². The Labute approximate surface area is 319 Å². The largest absolute Gasteiger partial charge is 0.493 e. The van der Waals surface area contributed by atoms with Crippen LogP contribution in [-0.2, 0) is 38.1 Å². The van der Waals surface area contributed by atoms with Gasteiger partial charge in [-0.15, -0.1) is 0 Å². The predicted octanol–water partition coefficient (Wildman–Crippen LogP) is 3.35. The number of rotatable bonds is 18. The highest BCUT2D eigenvalue weighted by molar-refractivity contribution is 6.10. The summed E-state index contributed by atoms with van der Waals surface area (Å²) in [5.74, 6) is -3.16. The second kappa shape index (κ2) is 19.2. The van der Waals surface area contributed by atoms with E-state index < -0.39 is 47.9 Å². The minimum atomic E-state index is -1.77. The van der Waals surface area contributed by atoms with E-state index in [1.165, 1.54) is 31.8 Å². The second-order valence-corrected chi connectivity index (χ2v) is 11.7. The van der Waals surface area contributed by atoms with Gasteiger partial charge in [-0.3, -0.25) is 14.5 Å². The lowest BCUT2D eigenvalue weighted by Gasteiger charge is -2.16. The molecular weight excluding hydrogens is 730 g/mol. The van der Waals surface area contributed by atoms with Crippen LogP contribution >= 0.6 is 0 Å². The average Bonchev–Trinajstić information content (AvgIpc) is 3.42. The Morgan fingerprint density at radius 3 is 1.30 bits per heavy atom. The Balaban J connectivity index is 1.13. The van der Waals surface area contributed by atoms with Gasteiger partial charge in [-0.2, -0.15) is 0 Å². The molecule has 4 aromatic rings. The molecule has 0 saturated carbocycles. The number of likely N-dealkylation sites (tertiary alicyclic amines) is 1. The first-order valence-corrected chi connectivity index (χ1v) is 17.0. The van der Waals surface area contributed by atoms with Gasteiger partial charge in [-0.25, -0.2) is 39.1 Å². The normalized spacial score (nSPS) is 14.7. The van der Waals surface area contributed by atoms with Crippen LogP contribution in [0.1, 0.15) is 33.6 Å². The van der Waals surface area contributed by atoms with Crippen molar-refractivity contribution >= 4 is 35.7 Å². The predicted molar refractivity (Wildman–Crippen MR) is 194 cm³/mol. The van der Waals surface area contributed by atoms with E-state index in [0.29, 0.717) is 53.6 Å². The van der Waals surface area contributed by atoms with Gasteiger partial charge in [0.05, 0.1) is 37.6 Å². The van der Waals surface area contributed by atoms with Crippen LogP contribution in [0.5, 0.6) is 11.5 Å². The standard InChI is InChI=1S/C39H35N5O12/c1-4-30(45)53-18-6-16-51-28-12-8-24(9-13-28)34-40-20-26(21-41-34)38(49)55-32-33(37(48)44(3)36(32)47)56-39(50)27-22-42-35(43-23-27)25-10-14-29(15-11-25)52-17-7-19-54-31(46)5-2/h4-5,8-15,20-23,32-33H,1-2,6-7,16-19H2,3H3/t32-,33-/m1/s1. The summed E-state index contributed by atoms with van der Waals surface area (Å²) >= 11 is 0. The number of esters is 4. The number of benzene rings is 2. The molecule has 0 bridgehead atoms. The average molecular weight is 766 g/mol. The topological polar surface area (TPSA) is 213 Å². The first-order valence-electron chi connectivity index (χ1n) is 17.0. The molecule has 0 radical (unpaired) electrons. The lowest BCUT2D eigenvalue weighted by atomic mass is 10.2. The maximum Gasteiger partial charge on any atom is 0.342 e. The lowest BCUT2D eigenvalue weighted by Crippen LogP contribution is -2.37. The Morgan fingerprint density at radius 1 is 0.607 bits per heavy atom. The molecule has 3 heterocycles. The lowest BCUT2D eigenvalue weighted by molar-refractivity contribution is -0.140. The maximum absolute atomic E-state index is 13.0. The van der Waals surface area contributed by atoms with Gasteiger partial charge in [-0.1, -0.05) is 13.2 Å². The number of ether oxygens (including phenoxy) is 6. The fraction of sp³-hybridized carbons (Fsp3) is 0.231. The van der Waals surface area contributed by atoms with Crippen LogP contribution in [0.2, 0.25) is 0 Å². The van der Waals surface area contributed by atoms with Crippen molar-refractivity contribution in [1.29, 1.82) is 0 Å². The van der Waals surface area contributed by atoms with Crippen molar-refractivity contribution in [3.63, 3.8) is 0 Å². The van der Waals surface area contributed by atoms with E-state index in [2.05, 4.69) is 33.1 Å². The number of imide groups is 1. The van der Waals surface area contributed by atoms with E-state index in [9.17, 15) is 28.8 Å². The van der Waals surface area contributed by atoms with Crippen LogP contribution in [0.25, 0.3) is 22.8 Å². The molecule has 2 atom stereocenters. The Bertz CT molecular complexity index is 1920. The third-order valence-electron chi connectivity index (χ3n) is 7.83. The fourth-order valence-corrected chi connectivity index (χ4v) is 4.87. The van der Waals surface area contributed by atoms with Crippen LogP contribution < -0.4 is 9.47 Å². The summed E-state index contributed by atoms with van der Waals surface area (Å²) in [6.45, 7) is 7.69. The van der Waals surface area contributed by atoms with Crippen LogP contribution in [0, 0.1) is 0 Å². The highest BCUT2D eigenvalue weighted by Crippen LogP contribution is 2.24. The van der Waals surface area contributed by atoms with Gasteiger partial charge in [0.15, 0.2) is 11.6 Å². The van der Waals surface area contributed by atoms with Crippen molar-refractivity contribution in [1.82, 2.24) is 24.8 Å². The maximum atomic E-state index is 13.0. The second-order valence-electron chi connectivity index (χ2n) is 11.7. The monoisotopic (exact) mass is 765 g/mol. The summed E-state index contributed by atoms with van der Waals surface area (Å²) in [4.78, 5) is 91.5. The number of likely N-dealkylation sites (N-methyl/N-ethyl adjacent to an activating group) is 1. The molecular formula is C39H35N5O12. The Kier molecular flexibility index (Phi) is 13.6. The van der Waals surface area contributed by atoms with E-state index in [-0.39, 0.29) is 36.0 Å². The molecule has 0 N–H and O–H groups in total. The van der Waals surface area contributed by atoms with E-state index in [1.807, 2.05) is 0 Å². The summed E-state index contributed by atoms with van der Waals surface area (Å²) in [6, 6.07) is 13.6. The summed E-state index contributed by atoms with van der Waals surface area (Å²) in [5, 5.41) is 0. The highest BCUT2D eigenvalue weighted by atomic mass is 16.6. The number of carbonyl (C=O) groups excluding carboxylic acids is 6. The molecule has 1 fully saturated rings. The first-order chi connectivity index (χ1) is 27.1. The zero-order chi connectivity index (χ0) is 40.0. The van der Waals surface area contributed by atoms with Gasteiger partial charge >= 0.3 is 23.9 Å². The summed E-state index contributed by atoms with van der Waals surface area (Å²) in [5.41, 5.74) is 0.975. The Morgan fingerprint density at radius 2 is 0.964 bits per heavy atom. The van der Waals surface area contributed by atoms with Crippen LogP contribution in [0.15, 0.2) is 98.6 Å². The molecule has 0 aliphatic carbocycles. The van der Waals surface area contributed by atoms with Gasteiger partial charge in [0.1, 0.15) is 11.5 Å². The summed E-state index contributed by atoms with van der Waals surface area (Å²) < 4.78 is 31.8. The van der Waals surface area contributed by atoms with Gasteiger partial charge < -0.3 is 28.4 Å². The van der Waals surface area contributed by atoms with Gasteiger partial charge in [0.25, 0.3) is 11.8 Å².